The summed E-state index contributed by atoms with van der Waals surface area (Å²) in [6, 6.07) is 20.7. The van der Waals surface area contributed by atoms with Crippen molar-refractivity contribution in [3.63, 3.8) is 0 Å². The fraction of sp³-hybridized carbons (Fsp3) is 0.160. The van der Waals surface area contributed by atoms with Crippen molar-refractivity contribution in [3.8, 4) is 11.5 Å². The molecule has 2 amide bonds. The van der Waals surface area contributed by atoms with Crippen molar-refractivity contribution in [2.24, 2.45) is 5.10 Å². The predicted octanol–water partition coefficient (Wildman–Crippen LogP) is 3.98. The SMILES string of the molecule is COc1cc(C=NNC(=O)C(=O)Nc2cc(C)ccc2C)ccc1OCc1ccccc1. The van der Waals surface area contributed by atoms with E-state index in [2.05, 4.69) is 15.8 Å². The molecule has 0 saturated carbocycles. The summed E-state index contributed by atoms with van der Waals surface area (Å²) in [7, 11) is 1.55. The van der Waals surface area contributed by atoms with Crippen LogP contribution in [0.1, 0.15) is 22.3 Å². The molecule has 7 nitrogen and oxygen atoms in total. The van der Waals surface area contributed by atoms with Crippen molar-refractivity contribution in [1.82, 2.24) is 5.43 Å². The maximum absolute atomic E-state index is 12.1. The number of aryl methyl sites for hydroxylation is 2. The van der Waals surface area contributed by atoms with Gasteiger partial charge in [0.1, 0.15) is 6.61 Å². The van der Waals surface area contributed by atoms with E-state index >= 15 is 0 Å². The van der Waals surface area contributed by atoms with Crippen LogP contribution in [0.25, 0.3) is 0 Å². The minimum absolute atomic E-state index is 0.413. The number of nitrogens with zero attached hydrogens (tertiary/aromatic N) is 1. The van der Waals surface area contributed by atoms with Crippen molar-refractivity contribution in [2.45, 2.75) is 20.5 Å². The zero-order valence-electron chi connectivity index (χ0n) is 18.2. The highest BCUT2D eigenvalue weighted by Crippen LogP contribution is 2.28. The summed E-state index contributed by atoms with van der Waals surface area (Å²) in [6.45, 7) is 4.17. The average molecular weight is 431 g/mol. The van der Waals surface area contributed by atoms with E-state index in [4.69, 9.17) is 9.47 Å². The van der Waals surface area contributed by atoms with E-state index in [-0.39, 0.29) is 0 Å². The molecule has 7 heteroatoms. The van der Waals surface area contributed by atoms with Crippen LogP contribution in [0.4, 0.5) is 5.69 Å². The number of benzene rings is 3. The summed E-state index contributed by atoms with van der Waals surface area (Å²) in [5.41, 5.74) is 6.38. The second-order valence-electron chi connectivity index (χ2n) is 7.16. The summed E-state index contributed by atoms with van der Waals surface area (Å²) >= 11 is 0. The number of anilines is 1. The maximum Gasteiger partial charge on any atom is 0.329 e. The first-order valence-electron chi connectivity index (χ1n) is 10.0. The number of carbonyl (C=O) groups excluding carboxylic acids is 2. The third kappa shape index (κ3) is 6.18. The lowest BCUT2D eigenvalue weighted by Crippen LogP contribution is -2.32. The highest BCUT2D eigenvalue weighted by atomic mass is 16.5. The Morgan fingerprint density at radius 3 is 2.47 bits per heavy atom. The molecule has 0 bridgehead atoms. The molecule has 0 heterocycles. The third-order valence-electron chi connectivity index (χ3n) is 4.65. The van der Waals surface area contributed by atoms with Gasteiger partial charge in [0.2, 0.25) is 0 Å². The van der Waals surface area contributed by atoms with Gasteiger partial charge in [0.05, 0.1) is 13.3 Å². The third-order valence-corrected chi connectivity index (χ3v) is 4.65. The van der Waals surface area contributed by atoms with Crippen LogP contribution in [0.15, 0.2) is 71.8 Å². The Morgan fingerprint density at radius 1 is 0.938 bits per heavy atom. The summed E-state index contributed by atoms with van der Waals surface area (Å²) < 4.78 is 11.2. The van der Waals surface area contributed by atoms with E-state index in [0.717, 1.165) is 16.7 Å². The fourth-order valence-corrected chi connectivity index (χ4v) is 2.88. The molecule has 2 N–H and O–H groups in total. The molecule has 0 aliphatic carbocycles. The number of hydrazone groups is 1. The lowest BCUT2D eigenvalue weighted by molar-refractivity contribution is -0.136. The molecule has 32 heavy (non-hydrogen) atoms. The number of amides is 2. The Hall–Kier alpha value is -4.13. The van der Waals surface area contributed by atoms with Crippen LogP contribution in [0.2, 0.25) is 0 Å². The second kappa shape index (κ2) is 10.8. The number of hydrogen-bond acceptors (Lipinski definition) is 5. The van der Waals surface area contributed by atoms with E-state index in [1.54, 1.807) is 31.4 Å². The Morgan fingerprint density at radius 2 is 1.72 bits per heavy atom. The molecule has 164 valence electrons. The summed E-state index contributed by atoms with van der Waals surface area (Å²) in [4.78, 5) is 24.2. The molecule has 3 aromatic carbocycles. The van der Waals surface area contributed by atoms with Gasteiger partial charge in [0, 0.05) is 5.69 Å². The van der Waals surface area contributed by atoms with Crippen molar-refractivity contribution in [1.29, 1.82) is 0 Å². The van der Waals surface area contributed by atoms with Gasteiger partial charge in [-0.2, -0.15) is 5.10 Å². The highest BCUT2D eigenvalue weighted by Gasteiger charge is 2.14. The van der Waals surface area contributed by atoms with Gasteiger partial charge in [-0.15, -0.1) is 0 Å². The number of methoxy groups -OCH3 is 1. The lowest BCUT2D eigenvalue weighted by atomic mass is 10.1. The van der Waals surface area contributed by atoms with Gasteiger partial charge in [-0.3, -0.25) is 9.59 Å². The quantitative estimate of drug-likeness (QED) is 0.336. The van der Waals surface area contributed by atoms with E-state index in [1.165, 1.54) is 6.21 Å². The van der Waals surface area contributed by atoms with E-state index in [0.29, 0.717) is 29.4 Å². The van der Waals surface area contributed by atoms with Gasteiger partial charge < -0.3 is 14.8 Å². The number of rotatable bonds is 7. The molecule has 0 radical (unpaired) electrons. The Kier molecular flexibility index (Phi) is 7.59. The van der Waals surface area contributed by atoms with E-state index in [9.17, 15) is 9.59 Å². The molecule has 0 spiro atoms. The van der Waals surface area contributed by atoms with E-state index in [1.807, 2.05) is 56.3 Å². The predicted molar refractivity (Wildman–Crippen MR) is 124 cm³/mol. The van der Waals surface area contributed by atoms with Gasteiger partial charge >= 0.3 is 11.8 Å². The average Bonchev–Trinajstić information content (AvgIpc) is 2.81. The Labute approximate surface area is 187 Å². The largest absolute Gasteiger partial charge is 0.493 e. The normalized spacial score (nSPS) is 10.6. The standard InChI is InChI=1S/C25H25N3O4/c1-17-9-10-18(2)21(13-17)27-24(29)25(30)28-26-15-20-11-12-22(23(14-20)31-3)32-16-19-7-5-4-6-8-19/h4-15H,16H2,1-3H3,(H,27,29)(H,28,30). The molecule has 0 atom stereocenters. The zero-order valence-corrected chi connectivity index (χ0v) is 18.2. The monoisotopic (exact) mass is 431 g/mol. The van der Waals surface area contributed by atoms with Gasteiger partial charge in [-0.25, -0.2) is 5.43 Å². The Bertz CT molecular complexity index is 1130. The fourth-order valence-electron chi connectivity index (χ4n) is 2.88. The van der Waals surface area contributed by atoms with Crippen LogP contribution >= 0.6 is 0 Å². The lowest BCUT2D eigenvalue weighted by Gasteiger charge is -2.11. The van der Waals surface area contributed by atoms with Crippen molar-refractivity contribution in [2.75, 3.05) is 12.4 Å². The first kappa shape index (κ1) is 22.6. The molecule has 0 aromatic heterocycles. The first-order chi connectivity index (χ1) is 15.5. The molecule has 0 fully saturated rings. The van der Waals surface area contributed by atoms with Crippen LogP contribution in [-0.2, 0) is 16.2 Å². The smallest absolute Gasteiger partial charge is 0.329 e. The molecule has 0 saturated heterocycles. The summed E-state index contributed by atoms with van der Waals surface area (Å²) in [6.07, 6.45) is 1.42. The first-order valence-corrected chi connectivity index (χ1v) is 10.0. The van der Waals surface area contributed by atoms with Crippen molar-refractivity contribution < 1.29 is 19.1 Å². The molecule has 0 unspecified atom stereocenters. The van der Waals surface area contributed by atoms with Crippen molar-refractivity contribution in [3.05, 3.63) is 89.0 Å². The molecular weight excluding hydrogens is 406 g/mol. The van der Waals surface area contributed by atoms with E-state index < -0.39 is 11.8 Å². The number of hydrogen-bond donors (Lipinski definition) is 2. The zero-order chi connectivity index (χ0) is 22.9. The molecule has 3 rings (SSSR count). The van der Waals surface area contributed by atoms with Gasteiger partial charge in [0.25, 0.3) is 0 Å². The highest BCUT2D eigenvalue weighted by molar-refractivity contribution is 6.39. The van der Waals surface area contributed by atoms with Gasteiger partial charge in [0.15, 0.2) is 11.5 Å². The summed E-state index contributed by atoms with van der Waals surface area (Å²) in [5.74, 6) is -0.538. The molecule has 0 aliphatic heterocycles. The van der Waals surface area contributed by atoms with Crippen LogP contribution in [0.3, 0.4) is 0 Å². The topological polar surface area (TPSA) is 89.0 Å². The minimum Gasteiger partial charge on any atom is -0.493 e. The van der Waals surface area contributed by atoms with Crippen LogP contribution in [-0.4, -0.2) is 25.1 Å². The molecular formula is C25H25N3O4. The maximum atomic E-state index is 12.1. The van der Waals surface area contributed by atoms with Gasteiger partial charge in [-0.1, -0.05) is 42.5 Å². The summed E-state index contributed by atoms with van der Waals surface area (Å²) in [5, 5.41) is 6.45. The van der Waals surface area contributed by atoms with Crippen LogP contribution in [0, 0.1) is 13.8 Å². The molecule has 3 aromatic rings. The molecule has 0 aliphatic rings. The van der Waals surface area contributed by atoms with Crippen LogP contribution < -0.4 is 20.2 Å². The van der Waals surface area contributed by atoms with Crippen LogP contribution in [0.5, 0.6) is 11.5 Å². The number of carbonyl (C=O) groups is 2. The second-order valence-corrected chi connectivity index (χ2v) is 7.16. The number of ether oxygens (including phenoxy) is 2. The van der Waals surface area contributed by atoms with Gasteiger partial charge in [-0.05, 0) is 60.4 Å². The van der Waals surface area contributed by atoms with Crippen molar-refractivity contribution >= 4 is 23.7 Å². The Balaban J connectivity index is 1.57. The number of nitrogens with one attached hydrogen (secondary N) is 2. The minimum atomic E-state index is -0.864.